The summed E-state index contributed by atoms with van der Waals surface area (Å²) < 4.78 is 16.6. The maximum atomic E-state index is 11.9. The molecule has 0 aromatic rings. The van der Waals surface area contributed by atoms with Crippen LogP contribution in [0.5, 0.6) is 0 Å². The van der Waals surface area contributed by atoms with E-state index in [2.05, 4.69) is 47.1 Å². The van der Waals surface area contributed by atoms with Crippen molar-refractivity contribution >= 4 is 11.9 Å². The van der Waals surface area contributed by atoms with Crippen LogP contribution in [0.3, 0.4) is 0 Å². The molecule has 2 aliphatic rings. The van der Waals surface area contributed by atoms with Gasteiger partial charge in [-0.2, -0.15) is 5.11 Å². The number of nitrogens with zero attached hydrogens (tertiary/aromatic N) is 3. The highest BCUT2D eigenvalue weighted by Gasteiger charge is 2.30. The lowest BCUT2D eigenvalue weighted by molar-refractivity contribution is -0.121. The number of ether oxygens (including phenoxy) is 3. The minimum Gasteiger partial charge on any atom is -0.377 e. The molecule has 1 saturated heterocycles. The van der Waals surface area contributed by atoms with Crippen LogP contribution in [-0.4, -0.2) is 94.3 Å². The molecule has 3 atom stereocenters. The van der Waals surface area contributed by atoms with Crippen molar-refractivity contribution in [3.05, 3.63) is 0 Å². The molecule has 3 amide bonds. The first-order valence-electron chi connectivity index (χ1n) is 13.0. The van der Waals surface area contributed by atoms with Gasteiger partial charge < -0.3 is 30.2 Å². The molecule has 2 rings (SSSR count). The molecule has 0 saturated carbocycles. The van der Waals surface area contributed by atoms with E-state index in [1.54, 1.807) is 0 Å². The molecule has 3 N–H and O–H groups in total. The third-order valence-corrected chi connectivity index (χ3v) is 6.20. The summed E-state index contributed by atoms with van der Waals surface area (Å²) in [5.74, 6) is 0.0514. The maximum absolute atomic E-state index is 11.9. The van der Waals surface area contributed by atoms with Crippen LogP contribution >= 0.6 is 0 Å². The Morgan fingerprint density at radius 1 is 1.03 bits per heavy atom. The highest BCUT2D eigenvalue weighted by molar-refractivity contribution is 5.77. The largest absolute Gasteiger partial charge is 0.377 e. The fourth-order valence-electron chi connectivity index (χ4n) is 3.85. The summed E-state index contributed by atoms with van der Waals surface area (Å²) in [5.41, 5.74) is 0.134. The second kappa shape index (κ2) is 15.9. The monoisotopic (exact) mass is 498 g/mol. The number of hydrogen-bond acceptors (Lipinski definition) is 8. The first-order chi connectivity index (χ1) is 16.8. The van der Waals surface area contributed by atoms with Crippen molar-refractivity contribution in [1.29, 1.82) is 0 Å². The molecule has 1 fully saturated rings. The van der Waals surface area contributed by atoms with Gasteiger partial charge in [0.15, 0.2) is 0 Å². The zero-order chi connectivity index (χ0) is 25.5. The summed E-state index contributed by atoms with van der Waals surface area (Å²) in [5, 5.41) is 19.1. The zero-order valence-electron chi connectivity index (χ0n) is 22.0. The van der Waals surface area contributed by atoms with Gasteiger partial charge >= 0.3 is 6.03 Å². The number of amides is 3. The molecule has 35 heavy (non-hydrogen) atoms. The molecule has 2 aliphatic heterocycles. The van der Waals surface area contributed by atoms with Crippen molar-refractivity contribution < 1.29 is 23.8 Å². The van der Waals surface area contributed by atoms with Gasteiger partial charge in [-0.1, -0.05) is 38.8 Å². The van der Waals surface area contributed by atoms with Gasteiger partial charge in [-0.05, 0) is 25.2 Å². The van der Waals surface area contributed by atoms with E-state index in [1.807, 2.05) is 11.9 Å². The Morgan fingerprint density at radius 2 is 1.71 bits per heavy atom. The van der Waals surface area contributed by atoms with Crippen LogP contribution in [0.25, 0.3) is 0 Å². The topological polar surface area (TPSA) is 126 Å². The van der Waals surface area contributed by atoms with E-state index in [4.69, 9.17) is 14.2 Å². The Hall–Kier alpha value is -1.98. The predicted octanol–water partition coefficient (Wildman–Crippen LogP) is 2.27. The number of carbonyl (C=O) groups is 2. The number of unbranched alkanes of at least 4 members (excludes halogenated alkanes) is 2. The van der Waals surface area contributed by atoms with E-state index in [1.165, 1.54) is 0 Å². The molecule has 202 valence electrons. The van der Waals surface area contributed by atoms with Gasteiger partial charge in [-0.3, -0.25) is 9.80 Å². The van der Waals surface area contributed by atoms with Gasteiger partial charge in [0.2, 0.25) is 5.91 Å². The van der Waals surface area contributed by atoms with Gasteiger partial charge in [0.05, 0.1) is 64.8 Å². The number of nitrogens with one attached hydrogen (secondary N) is 3. The molecule has 0 radical (unpaired) electrons. The molecule has 1 unspecified atom stereocenters. The smallest absolute Gasteiger partial charge is 0.315 e. The van der Waals surface area contributed by atoms with Gasteiger partial charge in [0.1, 0.15) is 0 Å². The average Bonchev–Trinajstić information content (AvgIpc) is 3.40. The Morgan fingerprint density at radius 3 is 2.34 bits per heavy atom. The van der Waals surface area contributed by atoms with E-state index in [-0.39, 0.29) is 35.5 Å². The molecule has 2 heterocycles. The number of urea groups is 1. The van der Waals surface area contributed by atoms with Crippen LogP contribution in [-0.2, 0) is 19.0 Å². The Labute approximate surface area is 210 Å². The SMILES string of the molecule is C[C@@H]1NC(=O)N[C@@H]1CCCCCC(=O)NCCOCCOCCOCCN1CC(C(C)(C)C)N=N1. The highest BCUT2D eigenvalue weighted by Crippen LogP contribution is 2.26. The van der Waals surface area contributed by atoms with Crippen molar-refractivity contribution in [3.63, 3.8) is 0 Å². The molecule has 11 heteroatoms. The predicted molar refractivity (Wildman–Crippen MR) is 133 cm³/mol. The van der Waals surface area contributed by atoms with E-state index >= 15 is 0 Å². The third-order valence-electron chi connectivity index (χ3n) is 6.20. The molecule has 0 spiro atoms. The zero-order valence-corrected chi connectivity index (χ0v) is 22.0. The fraction of sp³-hybridized carbons (Fsp3) is 0.917. The first kappa shape index (κ1) is 29.3. The summed E-state index contributed by atoms with van der Waals surface area (Å²) in [4.78, 5) is 23.1. The van der Waals surface area contributed by atoms with Crippen LogP contribution < -0.4 is 16.0 Å². The minimum absolute atomic E-state index is 0.0514. The van der Waals surface area contributed by atoms with Gasteiger partial charge in [0.25, 0.3) is 0 Å². The van der Waals surface area contributed by atoms with Crippen molar-refractivity contribution in [2.75, 3.05) is 59.3 Å². The molecular weight excluding hydrogens is 452 g/mol. The van der Waals surface area contributed by atoms with E-state index in [0.29, 0.717) is 52.6 Å². The lowest BCUT2D eigenvalue weighted by Gasteiger charge is -2.23. The van der Waals surface area contributed by atoms with E-state index < -0.39 is 0 Å². The second-order valence-electron chi connectivity index (χ2n) is 10.3. The number of rotatable bonds is 18. The summed E-state index contributed by atoms with van der Waals surface area (Å²) in [7, 11) is 0. The second-order valence-corrected chi connectivity index (χ2v) is 10.3. The number of hydrogen-bond donors (Lipinski definition) is 3. The Balaban J connectivity index is 1.28. The Bertz CT molecular complexity index is 657. The lowest BCUT2D eigenvalue weighted by Crippen LogP contribution is -2.32. The molecule has 11 nitrogen and oxygen atoms in total. The van der Waals surface area contributed by atoms with Crippen molar-refractivity contribution in [2.24, 2.45) is 15.8 Å². The van der Waals surface area contributed by atoms with Crippen LogP contribution in [0.2, 0.25) is 0 Å². The first-order valence-corrected chi connectivity index (χ1v) is 13.0. The minimum atomic E-state index is -0.0866. The van der Waals surface area contributed by atoms with E-state index in [0.717, 1.165) is 38.8 Å². The van der Waals surface area contributed by atoms with Crippen LogP contribution in [0, 0.1) is 5.41 Å². The van der Waals surface area contributed by atoms with Crippen molar-refractivity contribution in [2.45, 2.75) is 77.9 Å². The number of carbonyl (C=O) groups excluding carboxylic acids is 2. The quantitative estimate of drug-likeness (QED) is 0.249. The molecular formula is C24H46N6O5. The van der Waals surface area contributed by atoms with Crippen LogP contribution in [0.4, 0.5) is 4.79 Å². The summed E-state index contributed by atoms with van der Waals surface area (Å²) in [6.07, 6.45) is 4.29. The molecule has 0 aromatic heterocycles. The summed E-state index contributed by atoms with van der Waals surface area (Å²) in [6.45, 7) is 13.8. The normalized spacial score (nSPS) is 21.9. The van der Waals surface area contributed by atoms with Crippen LogP contribution in [0.15, 0.2) is 10.3 Å². The molecule has 0 aliphatic carbocycles. The van der Waals surface area contributed by atoms with Crippen molar-refractivity contribution in [1.82, 2.24) is 21.0 Å². The van der Waals surface area contributed by atoms with Gasteiger partial charge in [-0.25, -0.2) is 4.79 Å². The molecule has 0 aromatic carbocycles. The van der Waals surface area contributed by atoms with Gasteiger partial charge in [-0.15, -0.1) is 0 Å². The van der Waals surface area contributed by atoms with Gasteiger partial charge in [0, 0.05) is 19.0 Å². The third kappa shape index (κ3) is 12.5. The van der Waals surface area contributed by atoms with Crippen molar-refractivity contribution in [3.8, 4) is 0 Å². The fourth-order valence-corrected chi connectivity index (χ4v) is 3.85. The summed E-state index contributed by atoms with van der Waals surface area (Å²) in [6, 6.07) is 0.519. The maximum Gasteiger partial charge on any atom is 0.315 e. The standard InChI is InChI=1S/C24H46N6O5/c1-19-20(27-23(32)26-19)8-6-5-7-9-22(31)25-10-12-33-14-16-35-17-15-34-13-11-30-18-21(28-29-30)24(2,3)4/h19-21H,5-18H2,1-4H3,(H,25,31)(H2,26,27,32)/t19-,20+,21?/m0/s1. The Kier molecular flexibility index (Phi) is 13.3. The highest BCUT2D eigenvalue weighted by atomic mass is 16.5. The summed E-state index contributed by atoms with van der Waals surface area (Å²) >= 11 is 0. The molecule has 0 bridgehead atoms. The van der Waals surface area contributed by atoms with E-state index in [9.17, 15) is 9.59 Å². The lowest BCUT2D eigenvalue weighted by atomic mass is 9.87. The average molecular weight is 499 g/mol. The van der Waals surface area contributed by atoms with Crippen LogP contribution in [0.1, 0.15) is 59.8 Å².